The average Bonchev–Trinajstić information content (AvgIpc) is 3.14. The number of ether oxygens (including phenoxy) is 2. The van der Waals surface area contributed by atoms with Gasteiger partial charge in [0, 0.05) is 0 Å². The molecule has 2 heterocycles. The van der Waals surface area contributed by atoms with Crippen LogP contribution < -0.4 is 11.5 Å². The predicted molar refractivity (Wildman–Crippen MR) is 101 cm³/mol. The molecule has 0 radical (unpaired) electrons. The van der Waals surface area contributed by atoms with Crippen molar-refractivity contribution in [1.82, 2.24) is 9.80 Å². The summed E-state index contributed by atoms with van der Waals surface area (Å²) in [6.45, 7) is -1.73. The van der Waals surface area contributed by atoms with Gasteiger partial charge in [-0.3, -0.25) is 28.8 Å². The maximum atomic E-state index is 13.0. The zero-order valence-corrected chi connectivity index (χ0v) is 16.9. The zero-order chi connectivity index (χ0) is 22.9. The molecule has 32 heavy (non-hydrogen) atoms. The average molecular weight is 446 g/mol. The standard InChI is InChI=1S/C20H22N4O8/c21-3-9(25)31-5-23-17(27)13-7-1-2-8(14(13)18(23)28)12-11(7)15-16(12)20(30)24(19(15)29)6-32-10(26)4-22/h1-2,7-8,11-16H,3-6,21-22H2/t7-,8-,11-,12+,13-,14-,15-,16-/m1/s1. The van der Waals surface area contributed by atoms with Crippen molar-refractivity contribution in [1.29, 1.82) is 0 Å². The zero-order valence-electron chi connectivity index (χ0n) is 16.9. The third-order valence-electron chi connectivity index (χ3n) is 7.57. The lowest BCUT2D eigenvalue weighted by molar-refractivity contribution is -0.166. The first-order valence-corrected chi connectivity index (χ1v) is 10.4. The van der Waals surface area contributed by atoms with E-state index in [0.717, 1.165) is 9.80 Å². The molecule has 2 bridgehead atoms. The number of fused-ring (bicyclic) bond motifs is 1. The second kappa shape index (κ2) is 7.20. The van der Waals surface area contributed by atoms with Gasteiger partial charge < -0.3 is 20.9 Å². The Hall–Kier alpha value is -3.12. The van der Waals surface area contributed by atoms with Crippen molar-refractivity contribution in [3.8, 4) is 0 Å². The molecule has 4 aliphatic carbocycles. The quantitative estimate of drug-likeness (QED) is 0.245. The molecule has 2 saturated carbocycles. The van der Waals surface area contributed by atoms with Gasteiger partial charge >= 0.3 is 11.9 Å². The third kappa shape index (κ3) is 2.56. The first-order valence-electron chi connectivity index (χ1n) is 10.4. The number of hydrogen-bond acceptors (Lipinski definition) is 10. The van der Waals surface area contributed by atoms with E-state index in [0.29, 0.717) is 0 Å². The van der Waals surface area contributed by atoms with Crippen molar-refractivity contribution in [2.75, 3.05) is 26.6 Å². The number of rotatable bonds is 6. The molecular weight excluding hydrogens is 424 g/mol. The normalized spacial score (nSPS) is 38.4. The largest absolute Gasteiger partial charge is 0.443 e. The monoisotopic (exact) mass is 446 g/mol. The summed E-state index contributed by atoms with van der Waals surface area (Å²) in [5, 5.41) is 0. The Kier molecular flexibility index (Phi) is 4.67. The Bertz CT molecular complexity index is 923. The molecule has 4 fully saturated rings. The number of carbonyl (C=O) groups excluding carboxylic acids is 6. The molecule has 0 spiro atoms. The smallest absolute Gasteiger partial charge is 0.321 e. The number of amides is 4. The highest BCUT2D eigenvalue weighted by atomic mass is 16.6. The molecule has 12 heteroatoms. The van der Waals surface area contributed by atoms with Crippen molar-refractivity contribution in [3.63, 3.8) is 0 Å². The molecule has 6 rings (SSSR count). The summed E-state index contributed by atoms with van der Waals surface area (Å²) in [6, 6.07) is 0. The van der Waals surface area contributed by atoms with Crippen LogP contribution in [0, 0.1) is 47.3 Å². The number of nitrogens with zero attached hydrogens (tertiary/aromatic N) is 2. The Morgan fingerprint density at radius 2 is 1.03 bits per heavy atom. The first kappa shape index (κ1) is 20.8. The number of carbonyl (C=O) groups is 6. The topological polar surface area (TPSA) is 179 Å². The van der Waals surface area contributed by atoms with Gasteiger partial charge in [-0.25, -0.2) is 9.80 Å². The maximum absolute atomic E-state index is 13.0. The molecule has 0 aromatic rings. The van der Waals surface area contributed by atoms with Gasteiger partial charge in [0.15, 0.2) is 13.5 Å². The summed E-state index contributed by atoms with van der Waals surface area (Å²) >= 11 is 0. The summed E-state index contributed by atoms with van der Waals surface area (Å²) in [5.41, 5.74) is 10.4. The summed E-state index contributed by atoms with van der Waals surface area (Å²) in [7, 11) is 0. The highest BCUT2D eigenvalue weighted by molar-refractivity contribution is 6.09. The maximum Gasteiger partial charge on any atom is 0.321 e. The molecular formula is C20H22N4O8. The Morgan fingerprint density at radius 3 is 1.38 bits per heavy atom. The van der Waals surface area contributed by atoms with Crippen LogP contribution in [0.2, 0.25) is 0 Å². The molecule has 2 aliphatic heterocycles. The van der Waals surface area contributed by atoms with Crippen LogP contribution in [-0.2, 0) is 38.2 Å². The second-order valence-corrected chi connectivity index (χ2v) is 8.71. The van der Waals surface area contributed by atoms with Crippen LogP contribution in [0.15, 0.2) is 12.2 Å². The van der Waals surface area contributed by atoms with Crippen LogP contribution in [0.4, 0.5) is 0 Å². The van der Waals surface area contributed by atoms with Gasteiger partial charge in [0.1, 0.15) is 0 Å². The number of hydrogen-bond donors (Lipinski definition) is 2. The second-order valence-electron chi connectivity index (χ2n) is 8.71. The summed E-state index contributed by atoms with van der Waals surface area (Å²) < 4.78 is 9.78. The highest BCUT2D eigenvalue weighted by Crippen LogP contribution is 2.68. The molecule has 0 aromatic heterocycles. The lowest BCUT2D eigenvalue weighted by Gasteiger charge is -2.60. The van der Waals surface area contributed by atoms with E-state index in [1.165, 1.54) is 0 Å². The molecule has 4 N–H and O–H groups in total. The van der Waals surface area contributed by atoms with Crippen molar-refractivity contribution in [2.45, 2.75) is 0 Å². The predicted octanol–water partition coefficient (Wildman–Crippen LogP) is -2.83. The minimum atomic E-state index is -0.734. The van der Waals surface area contributed by atoms with E-state index < -0.39 is 72.7 Å². The summed E-state index contributed by atoms with van der Waals surface area (Å²) in [4.78, 5) is 76.6. The van der Waals surface area contributed by atoms with Crippen molar-refractivity contribution in [2.24, 2.45) is 58.8 Å². The van der Waals surface area contributed by atoms with Gasteiger partial charge in [-0.1, -0.05) is 12.2 Å². The molecule has 2 saturated heterocycles. The molecule has 0 unspecified atom stereocenters. The molecule has 4 amide bonds. The van der Waals surface area contributed by atoms with E-state index in [1.807, 2.05) is 12.2 Å². The SMILES string of the molecule is NCC(=O)OCN1C(=O)[C@@H]2[C@@H]3C=C[C@@H]([C@H]2C1=O)[C@H]1[C@H]2C(=O)N(COC(=O)CN)C(=O)[C@@H]2[C@@H]31. The van der Waals surface area contributed by atoms with Crippen LogP contribution in [0.5, 0.6) is 0 Å². The van der Waals surface area contributed by atoms with Crippen LogP contribution in [0.25, 0.3) is 0 Å². The molecule has 0 aromatic carbocycles. The van der Waals surface area contributed by atoms with E-state index in [-0.39, 0.29) is 36.8 Å². The lowest BCUT2D eigenvalue weighted by Crippen LogP contribution is -2.63. The summed E-state index contributed by atoms with van der Waals surface area (Å²) in [6.07, 6.45) is 3.72. The van der Waals surface area contributed by atoms with Crippen LogP contribution >= 0.6 is 0 Å². The fraction of sp³-hybridized carbons (Fsp3) is 0.600. The van der Waals surface area contributed by atoms with Gasteiger partial charge in [0.25, 0.3) is 0 Å². The van der Waals surface area contributed by atoms with Crippen LogP contribution in [0.3, 0.4) is 0 Å². The van der Waals surface area contributed by atoms with Gasteiger partial charge in [-0.2, -0.15) is 0 Å². The fourth-order valence-electron chi connectivity index (χ4n) is 6.37. The van der Waals surface area contributed by atoms with Crippen LogP contribution in [0.1, 0.15) is 0 Å². The third-order valence-corrected chi connectivity index (χ3v) is 7.57. The first-order chi connectivity index (χ1) is 15.3. The lowest BCUT2D eigenvalue weighted by atomic mass is 9.40. The number of nitrogens with two attached hydrogens (primary N) is 2. The minimum absolute atomic E-state index is 0.258. The number of esters is 2. The van der Waals surface area contributed by atoms with Crippen molar-refractivity contribution >= 4 is 35.6 Å². The van der Waals surface area contributed by atoms with E-state index >= 15 is 0 Å². The van der Waals surface area contributed by atoms with E-state index in [9.17, 15) is 28.8 Å². The van der Waals surface area contributed by atoms with Gasteiger partial charge in [-0.15, -0.1) is 0 Å². The minimum Gasteiger partial charge on any atom is -0.443 e. The van der Waals surface area contributed by atoms with Crippen LogP contribution in [-0.4, -0.2) is 71.9 Å². The number of allylic oxidation sites excluding steroid dienone is 2. The Morgan fingerprint density at radius 1 is 0.688 bits per heavy atom. The molecule has 8 atom stereocenters. The highest BCUT2D eigenvalue weighted by Gasteiger charge is 2.75. The number of likely N-dealkylation sites (tertiary alicyclic amines) is 2. The molecule has 12 nitrogen and oxygen atoms in total. The number of imide groups is 2. The van der Waals surface area contributed by atoms with E-state index in [2.05, 4.69) is 0 Å². The summed E-state index contributed by atoms with van der Waals surface area (Å²) in [5.74, 6) is -7.07. The van der Waals surface area contributed by atoms with Gasteiger partial charge in [0.05, 0.1) is 36.8 Å². The van der Waals surface area contributed by atoms with Crippen molar-refractivity contribution < 1.29 is 38.2 Å². The van der Waals surface area contributed by atoms with Crippen molar-refractivity contribution in [3.05, 3.63) is 12.2 Å². The van der Waals surface area contributed by atoms with E-state index in [4.69, 9.17) is 20.9 Å². The fourth-order valence-corrected chi connectivity index (χ4v) is 6.37. The Balaban J connectivity index is 1.38. The van der Waals surface area contributed by atoms with Gasteiger partial charge in [0.2, 0.25) is 23.6 Å². The van der Waals surface area contributed by atoms with Gasteiger partial charge in [-0.05, 0) is 23.7 Å². The molecule has 170 valence electrons. The molecule has 6 aliphatic rings. The van der Waals surface area contributed by atoms with E-state index in [1.54, 1.807) is 0 Å². The Labute approximate surface area is 181 Å².